The van der Waals surface area contributed by atoms with Crippen LogP contribution in [0.3, 0.4) is 0 Å². The van der Waals surface area contributed by atoms with E-state index in [1.807, 2.05) is 42.5 Å². The molecule has 7 heteroatoms. The fourth-order valence-electron chi connectivity index (χ4n) is 3.64. The van der Waals surface area contributed by atoms with E-state index in [0.717, 1.165) is 29.8 Å². The second-order valence-corrected chi connectivity index (χ2v) is 8.11. The maximum absolute atomic E-state index is 12.5. The zero-order valence-electron chi connectivity index (χ0n) is 20.0. The minimum atomic E-state index is -0.161. The zero-order valence-corrected chi connectivity index (χ0v) is 20.0. The lowest BCUT2D eigenvalue weighted by atomic mass is 10.2. The Labute approximate surface area is 201 Å². The maximum Gasteiger partial charge on any atom is 0.279 e. The third-order valence-electron chi connectivity index (χ3n) is 6.08. The molecule has 0 fully saturated rings. The molecule has 3 rings (SSSR count). The highest BCUT2D eigenvalue weighted by Crippen LogP contribution is 2.22. The molecule has 0 bridgehead atoms. The Morgan fingerprint density at radius 1 is 0.676 bits per heavy atom. The number of carbonyl (C=O) groups is 2. The van der Waals surface area contributed by atoms with E-state index < -0.39 is 0 Å². The van der Waals surface area contributed by atoms with Crippen molar-refractivity contribution < 1.29 is 14.1 Å². The molecule has 0 aliphatic carbocycles. The molecule has 0 aliphatic heterocycles. The Morgan fingerprint density at radius 2 is 1.15 bits per heavy atom. The first kappa shape index (κ1) is 24.8. The summed E-state index contributed by atoms with van der Waals surface area (Å²) in [6.45, 7) is 9.62. The molecule has 0 saturated heterocycles. The number of rotatable bonds is 10. The molecule has 0 aromatic heterocycles. The van der Waals surface area contributed by atoms with Crippen molar-refractivity contribution >= 4 is 34.6 Å². The molecule has 0 unspecified atom stereocenters. The second-order valence-electron chi connectivity index (χ2n) is 8.11. The first-order chi connectivity index (χ1) is 16.5. The van der Waals surface area contributed by atoms with Gasteiger partial charge in [-0.25, -0.2) is 0 Å². The van der Waals surface area contributed by atoms with E-state index in [1.165, 1.54) is 0 Å². The maximum atomic E-state index is 12.5. The van der Waals surface area contributed by atoms with Crippen LogP contribution in [0.5, 0.6) is 0 Å². The first-order valence-electron chi connectivity index (χ1n) is 11.6. The number of nitrogens with zero attached hydrogens (tertiary/aromatic N) is 3. The number of anilines is 2. The van der Waals surface area contributed by atoms with Crippen molar-refractivity contribution in [2.24, 2.45) is 10.2 Å². The molecule has 0 heterocycles. The van der Waals surface area contributed by atoms with Gasteiger partial charge in [0.05, 0.1) is 31.0 Å². The largest absolute Gasteiger partial charge is 0.322 e. The zero-order chi connectivity index (χ0) is 24.4. The normalized spacial score (nSPS) is 11.4. The van der Waals surface area contributed by atoms with Gasteiger partial charge in [-0.15, -0.1) is 0 Å². The van der Waals surface area contributed by atoms with Gasteiger partial charge in [0.25, 0.3) is 11.8 Å². The summed E-state index contributed by atoms with van der Waals surface area (Å²) < 4.78 is 0.771. The number of azo groups is 1. The van der Waals surface area contributed by atoms with Crippen LogP contribution in [0.4, 0.5) is 22.7 Å². The van der Waals surface area contributed by atoms with Gasteiger partial charge >= 0.3 is 0 Å². The summed E-state index contributed by atoms with van der Waals surface area (Å²) in [5.74, 6) is -0.148. The number of benzene rings is 3. The molecule has 2 amide bonds. The molecule has 0 atom stereocenters. The third-order valence-corrected chi connectivity index (χ3v) is 6.08. The third kappa shape index (κ3) is 6.83. The first-order valence-corrected chi connectivity index (χ1v) is 11.6. The van der Waals surface area contributed by atoms with Crippen molar-refractivity contribution in [3.8, 4) is 0 Å². The van der Waals surface area contributed by atoms with Crippen molar-refractivity contribution in [2.75, 3.05) is 36.8 Å². The average molecular weight is 459 g/mol. The van der Waals surface area contributed by atoms with Crippen LogP contribution in [-0.4, -0.2) is 42.5 Å². The van der Waals surface area contributed by atoms with Gasteiger partial charge in [0.15, 0.2) is 6.54 Å². The molecule has 0 spiro atoms. The summed E-state index contributed by atoms with van der Waals surface area (Å²) in [4.78, 5) is 24.7. The fraction of sp³-hybridized carbons (Fsp3) is 0.259. The molecule has 2 N–H and O–H groups in total. The van der Waals surface area contributed by atoms with Crippen LogP contribution in [-0.2, 0) is 4.79 Å². The summed E-state index contributed by atoms with van der Waals surface area (Å²) in [5, 5.41) is 14.3. The van der Waals surface area contributed by atoms with Gasteiger partial charge in [0, 0.05) is 16.9 Å². The number of amides is 2. The average Bonchev–Trinajstić information content (AvgIpc) is 2.88. The van der Waals surface area contributed by atoms with Gasteiger partial charge in [-0.1, -0.05) is 18.2 Å². The van der Waals surface area contributed by atoms with Crippen LogP contribution >= 0.6 is 0 Å². The van der Waals surface area contributed by atoms with E-state index in [-0.39, 0.29) is 11.8 Å². The molecule has 0 aliphatic rings. The van der Waals surface area contributed by atoms with Crippen LogP contribution in [0.15, 0.2) is 89.1 Å². The van der Waals surface area contributed by atoms with Gasteiger partial charge in [0.1, 0.15) is 0 Å². The Hall–Kier alpha value is -3.84. The second kappa shape index (κ2) is 11.9. The molecule has 0 radical (unpaired) electrons. The lowest BCUT2D eigenvalue weighted by Crippen LogP contribution is -2.51. The summed E-state index contributed by atoms with van der Waals surface area (Å²) in [6, 6.07) is 23.5. The van der Waals surface area contributed by atoms with Crippen LogP contribution < -0.4 is 10.6 Å². The Bertz CT molecular complexity index is 1100. The van der Waals surface area contributed by atoms with Crippen LogP contribution in [0.1, 0.15) is 31.1 Å². The molecule has 7 nitrogen and oxygen atoms in total. The number of carbonyl (C=O) groups excluding carboxylic acids is 2. The predicted octanol–water partition coefficient (Wildman–Crippen LogP) is 6.17. The molecule has 3 aromatic rings. The highest BCUT2D eigenvalue weighted by atomic mass is 16.2. The van der Waals surface area contributed by atoms with Crippen molar-refractivity contribution in [2.45, 2.75) is 20.8 Å². The fourth-order valence-corrected chi connectivity index (χ4v) is 3.64. The lowest BCUT2D eigenvalue weighted by Gasteiger charge is -2.34. The summed E-state index contributed by atoms with van der Waals surface area (Å²) in [5.41, 5.74) is 3.38. The Kier molecular flexibility index (Phi) is 8.65. The molecule has 0 saturated carbocycles. The standard InChI is InChI=1S/C27H31N5O2/c1-4-32(5-2,6-3)20-26(33)28-22-12-16-24(17-13-22)30-31-25-18-14-23(15-19-25)29-27(34)21-10-8-7-9-11-21/h7-19H,4-6,20H2,1-3H3,(H-,28,29,30,31,33,34)/p+1. The molecular formula is C27H32N5O2+. The Balaban J connectivity index is 1.54. The monoisotopic (exact) mass is 458 g/mol. The van der Waals surface area contributed by atoms with E-state index in [9.17, 15) is 9.59 Å². The van der Waals surface area contributed by atoms with Gasteiger partial charge in [-0.3, -0.25) is 9.59 Å². The number of nitrogens with one attached hydrogen (secondary N) is 2. The number of quaternary nitrogens is 1. The van der Waals surface area contributed by atoms with Gasteiger partial charge in [0.2, 0.25) is 0 Å². The minimum absolute atomic E-state index is 0.0133. The highest BCUT2D eigenvalue weighted by Gasteiger charge is 2.24. The topological polar surface area (TPSA) is 82.9 Å². The van der Waals surface area contributed by atoms with Crippen molar-refractivity contribution in [3.63, 3.8) is 0 Å². The van der Waals surface area contributed by atoms with Crippen molar-refractivity contribution in [1.82, 2.24) is 0 Å². The van der Waals surface area contributed by atoms with Crippen LogP contribution in [0.25, 0.3) is 0 Å². The smallest absolute Gasteiger partial charge is 0.279 e. The summed E-state index contributed by atoms with van der Waals surface area (Å²) >= 11 is 0. The Morgan fingerprint density at radius 3 is 1.62 bits per heavy atom. The number of hydrogen-bond donors (Lipinski definition) is 2. The molecule has 176 valence electrons. The van der Waals surface area contributed by atoms with Crippen molar-refractivity contribution in [3.05, 3.63) is 84.4 Å². The predicted molar refractivity (Wildman–Crippen MR) is 137 cm³/mol. The van der Waals surface area contributed by atoms with Crippen LogP contribution in [0, 0.1) is 0 Å². The highest BCUT2D eigenvalue weighted by molar-refractivity contribution is 6.04. The SMILES string of the molecule is CC[N+](CC)(CC)CC(=O)Nc1ccc(N=Nc2ccc(NC(=O)c3ccccc3)cc2)cc1. The molecule has 34 heavy (non-hydrogen) atoms. The number of likely N-dealkylation sites (N-methyl/N-ethyl adjacent to an activating group) is 1. The van der Waals surface area contributed by atoms with Gasteiger partial charge < -0.3 is 15.1 Å². The lowest BCUT2D eigenvalue weighted by molar-refractivity contribution is -0.915. The molecular weight excluding hydrogens is 426 g/mol. The van der Waals surface area contributed by atoms with E-state index in [0.29, 0.717) is 29.2 Å². The van der Waals surface area contributed by atoms with Gasteiger partial charge in [-0.2, -0.15) is 10.2 Å². The molecule has 3 aromatic carbocycles. The summed E-state index contributed by atoms with van der Waals surface area (Å²) in [7, 11) is 0. The summed E-state index contributed by atoms with van der Waals surface area (Å²) in [6.07, 6.45) is 0. The van der Waals surface area contributed by atoms with Crippen molar-refractivity contribution in [1.29, 1.82) is 0 Å². The van der Waals surface area contributed by atoms with Crippen LogP contribution in [0.2, 0.25) is 0 Å². The minimum Gasteiger partial charge on any atom is -0.322 e. The quantitative estimate of drug-likeness (QED) is 0.281. The number of hydrogen-bond acceptors (Lipinski definition) is 4. The van der Waals surface area contributed by atoms with E-state index in [4.69, 9.17) is 0 Å². The van der Waals surface area contributed by atoms with E-state index >= 15 is 0 Å². The van der Waals surface area contributed by atoms with Gasteiger partial charge in [-0.05, 0) is 81.4 Å². The van der Waals surface area contributed by atoms with E-state index in [1.54, 1.807) is 36.4 Å². The van der Waals surface area contributed by atoms with E-state index in [2.05, 4.69) is 41.6 Å².